The summed E-state index contributed by atoms with van der Waals surface area (Å²) in [5.41, 5.74) is 0. The molecule has 0 radical (unpaired) electrons. The van der Waals surface area contributed by atoms with Crippen molar-refractivity contribution in [3.63, 3.8) is 0 Å². The Hall–Kier alpha value is -6.49. The second-order valence-corrected chi connectivity index (χ2v) is 18.4. The minimum absolute atomic E-state index is 0.182. The van der Waals surface area contributed by atoms with Crippen molar-refractivity contribution >= 4 is 59.5 Å². The Morgan fingerprint density at radius 2 is 0.683 bits per heavy atom. The first-order chi connectivity index (χ1) is 28.2. The number of ether oxygens (including phenoxy) is 6. The summed E-state index contributed by atoms with van der Waals surface area (Å²) in [4.78, 5) is 78.2. The van der Waals surface area contributed by atoms with E-state index >= 15 is 0 Å². The molecule has 0 unspecified atom stereocenters. The first-order valence-electron chi connectivity index (χ1n) is 16.6. The van der Waals surface area contributed by atoms with E-state index in [2.05, 4.69) is 53.7 Å². The molecule has 2 N–H and O–H groups in total. The Morgan fingerprint density at radius 3 is 0.950 bits per heavy atom. The molecule has 0 aliphatic carbocycles. The van der Waals surface area contributed by atoms with Gasteiger partial charge in [0, 0.05) is 0 Å². The Morgan fingerprint density at radius 1 is 0.433 bits per heavy atom. The van der Waals surface area contributed by atoms with Crippen molar-refractivity contribution in [1.29, 1.82) is 0 Å². The summed E-state index contributed by atoms with van der Waals surface area (Å²) in [5.74, 6) is -6.45. The Kier molecular flexibility index (Phi) is 21.6. The van der Waals surface area contributed by atoms with Gasteiger partial charge in [-0.25, -0.2) is 0 Å². The van der Waals surface area contributed by atoms with Crippen LogP contribution < -0.4 is 9.72 Å². The quantitative estimate of drug-likeness (QED) is 0.0311. The SMILES string of the molecule is C=CC(=O)OC(C)=COP1(OC=C(C)OC(=O)C=C)=N[PH](OC=C(C)OC(=O)C=C)(OC=C(C)OC(=O)C=C)N[PH](OC=C(C)OC(=O)C=C)(OC=C(C)OC(=O)C=C)N1. The molecule has 0 aromatic carbocycles. The van der Waals surface area contributed by atoms with Crippen LogP contribution in [0.2, 0.25) is 0 Å². The van der Waals surface area contributed by atoms with Gasteiger partial charge in [-0.3, -0.25) is 0 Å². The molecule has 1 aliphatic heterocycles. The molecule has 0 aromatic rings. The number of hydrogen-bond acceptors (Lipinski definition) is 21. The zero-order chi connectivity index (χ0) is 45.5. The molecule has 60 heavy (non-hydrogen) atoms. The number of carbonyl (C=O) groups excluding carboxylic acids is 6. The molecule has 21 nitrogen and oxygen atoms in total. The van der Waals surface area contributed by atoms with Gasteiger partial charge in [0.15, 0.2) is 0 Å². The van der Waals surface area contributed by atoms with Gasteiger partial charge in [0.2, 0.25) is 0 Å². The van der Waals surface area contributed by atoms with E-state index in [0.717, 1.165) is 74.0 Å². The van der Waals surface area contributed by atoms with E-state index in [1.807, 2.05) is 0 Å². The fourth-order valence-electron chi connectivity index (χ4n) is 3.34. The summed E-state index contributed by atoms with van der Waals surface area (Å²) in [6.07, 6.45) is 10.6. The second-order valence-electron chi connectivity index (χ2n) is 10.9. The summed E-state index contributed by atoms with van der Waals surface area (Å²) in [6, 6.07) is 0. The van der Waals surface area contributed by atoms with Crippen LogP contribution in [-0.2, 0) is 84.3 Å². The van der Waals surface area contributed by atoms with Gasteiger partial charge in [0.25, 0.3) is 0 Å². The van der Waals surface area contributed by atoms with E-state index in [0.29, 0.717) is 0 Å². The Balaban J connectivity index is 4.57. The predicted molar refractivity (Wildman–Crippen MR) is 219 cm³/mol. The van der Waals surface area contributed by atoms with Gasteiger partial charge >= 0.3 is 348 Å². The number of nitrogens with one attached hydrogen (secondary N) is 2. The van der Waals surface area contributed by atoms with Crippen LogP contribution in [0.15, 0.2) is 153 Å². The van der Waals surface area contributed by atoms with Crippen LogP contribution in [0.1, 0.15) is 41.5 Å². The zero-order valence-corrected chi connectivity index (χ0v) is 36.3. The minimum atomic E-state index is -4.92. The van der Waals surface area contributed by atoms with Crippen LogP contribution in [0.4, 0.5) is 0 Å². The molecule has 0 atom stereocenters. The molecule has 24 heteroatoms. The molecule has 0 fully saturated rings. The number of carbonyl (C=O) groups is 6. The van der Waals surface area contributed by atoms with Gasteiger partial charge in [-0.15, -0.1) is 0 Å². The van der Waals surface area contributed by atoms with Gasteiger partial charge in [0.1, 0.15) is 0 Å². The molecule has 1 aliphatic rings. The Labute approximate surface area is 347 Å². The maximum atomic E-state index is 12.1. The zero-order valence-electron chi connectivity index (χ0n) is 33.4. The van der Waals surface area contributed by atoms with Gasteiger partial charge in [0.05, 0.1) is 0 Å². The summed E-state index contributed by atoms with van der Waals surface area (Å²) in [6.45, 7) is 28.0. The van der Waals surface area contributed by atoms with Crippen molar-refractivity contribution < 1.29 is 84.3 Å². The monoisotopic (exact) mass is 901 g/mol. The normalized spacial score (nSPS) is 18.6. The maximum absolute atomic E-state index is 12.1. The molecule has 1 heterocycles. The van der Waals surface area contributed by atoms with E-state index in [4.69, 9.17) is 55.6 Å². The molecule has 1 rings (SSSR count). The van der Waals surface area contributed by atoms with Crippen molar-refractivity contribution in [2.75, 3.05) is 0 Å². The number of esters is 6. The van der Waals surface area contributed by atoms with Crippen LogP contribution in [-0.4, -0.2) is 35.8 Å². The van der Waals surface area contributed by atoms with Crippen molar-refractivity contribution in [3.05, 3.63) is 148 Å². The molecule has 0 spiro atoms. The average Bonchev–Trinajstić information content (AvgIpc) is 3.21. The van der Waals surface area contributed by atoms with Crippen LogP contribution in [0.5, 0.6) is 0 Å². The number of hydrogen-bond donors (Lipinski definition) is 2. The predicted octanol–water partition coefficient (Wildman–Crippen LogP) is 7.59. The molecule has 328 valence electrons. The van der Waals surface area contributed by atoms with Crippen molar-refractivity contribution in [3.8, 4) is 0 Å². The van der Waals surface area contributed by atoms with Crippen molar-refractivity contribution in [2.45, 2.75) is 41.5 Å². The van der Waals surface area contributed by atoms with Crippen LogP contribution in [0, 0.1) is 0 Å². The number of allylic oxidation sites excluding steroid dienone is 6. The third-order valence-corrected chi connectivity index (χ3v) is 15.3. The fraction of sp³-hybridized carbons (Fsp3) is 0.167. The molecule has 0 aromatic heterocycles. The Bertz CT molecular complexity index is 1870. The third kappa shape index (κ3) is 18.8. The fourth-order valence-corrected chi connectivity index (χ4v) is 14.5. The van der Waals surface area contributed by atoms with Gasteiger partial charge in [-0.2, -0.15) is 0 Å². The summed E-state index contributed by atoms with van der Waals surface area (Å²) in [7, 11) is -14.2. The van der Waals surface area contributed by atoms with Crippen LogP contribution in [0.3, 0.4) is 0 Å². The van der Waals surface area contributed by atoms with E-state index in [-0.39, 0.29) is 34.6 Å². The van der Waals surface area contributed by atoms with Crippen LogP contribution in [0.25, 0.3) is 0 Å². The number of nitrogens with zero attached hydrogens (tertiary/aromatic N) is 1. The number of rotatable bonds is 24. The first kappa shape index (κ1) is 51.5. The standard InChI is InChI=1S/C36H46N3O18P3/c1-13-31(40)52-25(7)19-46-58(47-20-26(8)53-32(41)14-2)37-59(48-21-27(9)54-33(42)15-3,49-22-28(10)55-34(43)16-4)39-60(38-58,50-23-29(11)56-35(44)17-5)51-24-30(12)57-36(45)18-6/h13-24,37-38,58-59H,1-6H2,7-12H3. The second kappa shape index (κ2) is 25.1. The van der Waals surface area contributed by atoms with Crippen LogP contribution >= 0.6 is 23.7 Å². The summed E-state index contributed by atoms with van der Waals surface area (Å²) >= 11 is 0. The van der Waals surface area contributed by atoms with Gasteiger partial charge < -0.3 is 0 Å². The topological polar surface area (TPSA) is 250 Å². The molecule has 0 amide bonds. The van der Waals surface area contributed by atoms with Gasteiger partial charge in [-0.1, -0.05) is 0 Å². The molecule has 0 bridgehead atoms. The first-order valence-corrected chi connectivity index (χ1v) is 21.7. The van der Waals surface area contributed by atoms with E-state index < -0.39 is 59.5 Å². The molecule has 0 saturated carbocycles. The molecule has 0 saturated heterocycles. The van der Waals surface area contributed by atoms with Crippen molar-refractivity contribution in [1.82, 2.24) is 9.72 Å². The molecular weight excluding hydrogens is 855 g/mol. The van der Waals surface area contributed by atoms with Gasteiger partial charge in [-0.05, 0) is 0 Å². The summed E-state index contributed by atoms with van der Waals surface area (Å²) < 4.78 is 72.2. The van der Waals surface area contributed by atoms with Crippen molar-refractivity contribution in [2.24, 2.45) is 4.52 Å². The molecular formula is C36H46N3O18P3. The average molecular weight is 902 g/mol. The van der Waals surface area contributed by atoms with E-state index in [1.54, 1.807) is 0 Å². The van der Waals surface area contributed by atoms with E-state index in [1.165, 1.54) is 41.5 Å². The third-order valence-electron chi connectivity index (χ3n) is 5.72. The van der Waals surface area contributed by atoms with E-state index in [9.17, 15) is 28.8 Å². The summed E-state index contributed by atoms with van der Waals surface area (Å²) in [5, 5.41) is 0.